The second kappa shape index (κ2) is 7.30. The number of hydrogen-bond acceptors (Lipinski definition) is 5. The zero-order chi connectivity index (χ0) is 19.8. The summed E-state index contributed by atoms with van der Waals surface area (Å²) >= 11 is 12.5. The summed E-state index contributed by atoms with van der Waals surface area (Å²) in [5.74, 6) is 0. The summed E-state index contributed by atoms with van der Waals surface area (Å²) in [7, 11) is 0. The van der Waals surface area contributed by atoms with Gasteiger partial charge in [-0.3, -0.25) is 19.3 Å². The number of pyridine rings is 1. The predicted molar refractivity (Wildman–Crippen MR) is 111 cm³/mol. The average molecular weight is 412 g/mol. The van der Waals surface area contributed by atoms with Crippen LogP contribution in [0.25, 0.3) is 33.4 Å². The molecule has 4 aromatic rings. The largest absolute Gasteiger partial charge is 0.292 e. The van der Waals surface area contributed by atoms with E-state index in [0.29, 0.717) is 33.7 Å². The molecule has 140 valence electrons. The van der Waals surface area contributed by atoms with Gasteiger partial charge in [-0.15, -0.1) is 0 Å². The molecule has 0 N–H and O–H groups in total. The lowest BCUT2D eigenvalue weighted by atomic mass is 10.0. The Morgan fingerprint density at radius 3 is 2.54 bits per heavy atom. The molecule has 0 amide bonds. The third-order valence-corrected chi connectivity index (χ3v) is 5.02. The van der Waals surface area contributed by atoms with Crippen molar-refractivity contribution >= 4 is 34.2 Å². The molecule has 0 fully saturated rings. The number of hydrogen-bond donors (Lipinski definition) is 0. The van der Waals surface area contributed by atoms with Gasteiger partial charge in [0.15, 0.2) is 0 Å². The van der Waals surface area contributed by atoms with Crippen molar-refractivity contribution in [2.24, 2.45) is 0 Å². The molecule has 0 radical (unpaired) electrons. The molecule has 0 aliphatic rings. The first-order valence-corrected chi connectivity index (χ1v) is 9.39. The van der Waals surface area contributed by atoms with E-state index < -0.39 is 0 Å². The molecule has 0 saturated heterocycles. The highest BCUT2D eigenvalue weighted by Crippen LogP contribution is 2.32. The Labute approximate surface area is 170 Å². The monoisotopic (exact) mass is 411 g/mol. The lowest BCUT2D eigenvalue weighted by Crippen LogP contribution is -2.22. The van der Waals surface area contributed by atoms with Gasteiger partial charge >= 0.3 is 0 Å². The smallest absolute Gasteiger partial charge is 0.260 e. The highest BCUT2D eigenvalue weighted by molar-refractivity contribution is 6.33. The van der Waals surface area contributed by atoms with Crippen molar-refractivity contribution < 1.29 is 0 Å². The second-order valence-corrected chi connectivity index (χ2v) is 6.96. The molecular weight excluding hydrogens is 397 g/mol. The Balaban J connectivity index is 1.91. The van der Waals surface area contributed by atoms with Gasteiger partial charge in [-0.1, -0.05) is 23.7 Å². The standard InChI is InChI=1S/C20H15Cl2N5O/c1-3-27-18-13(10-25-20(22)26-18)8-15(19(27)28)14-5-4-12(9-16(14)21)17-11(2)23-6-7-24-17/h4-10H,3H2,1-2H3. The minimum absolute atomic E-state index is 0.101. The van der Waals surface area contributed by atoms with Crippen LogP contribution in [-0.2, 0) is 6.54 Å². The van der Waals surface area contributed by atoms with Crippen LogP contribution in [0.3, 0.4) is 0 Å². The molecule has 0 spiro atoms. The van der Waals surface area contributed by atoms with Gasteiger partial charge < -0.3 is 0 Å². The number of aryl methyl sites for hydroxylation is 2. The molecule has 8 heteroatoms. The summed E-state index contributed by atoms with van der Waals surface area (Å²) < 4.78 is 1.56. The SMILES string of the molecule is CCn1c(=O)c(-c2ccc(-c3nccnc3C)cc2Cl)cc2cnc(Cl)nc21. The Morgan fingerprint density at radius 2 is 1.82 bits per heavy atom. The summed E-state index contributed by atoms with van der Waals surface area (Å²) in [4.78, 5) is 29.9. The quantitative estimate of drug-likeness (QED) is 0.462. The summed E-state index contributed by atoms with van der Waals surface area (Å²) in [6.45, 7) is 4.21. The molecule has 1 aromatic carbocycles. The van der Waals surface area contributed by atoms with Crippen molar-refractivity contribution in [3.8, 4) is 22.4 Å². The first kappa shape index (κ1) is 18.5. The van der Waals surface area contributed by atoms with Crippen LogP contribution in [-0.4, -0.2) is 24.5 Å². The lowest BCUT2D eigenvalue weighted by Gasteiger charge is -2.12. The molecule has 0 aliphatic heterocycles. The van der Waals surface area contributed by atoms with Crippen molar-refractivity contribution in [2.75, 3.05) is 0 Å². The molecular formula is C20H15Cl2N5O. The molecule has 3 aromatic heterocycles. The van der Waals surface area contributed by atoms with E-state index in [-0.39, 0.29) is 10.8 Å². The molecule has 4 rings (SSSR count). The van der Waals surface area contributed by atoms with E-state index in [4.69, 9.17) is 23.2 Å². The third kappa shape index (κ3) is 3.15. The van der Waals surface area contributed by atoms with Crippen LogP contribution in [0.15, 0.2) is 47.7 Å². The normalized spacial score (nSPS) is 11.1. The molecule has 0 unspecified atom stereocenters. The van der Waals surface area contributed by atoms with Crippen molar-refractivity contribution in [2.45, 2.75) is 20.4 Å². The average Bonchev–Trinajstić information content (AvgIpc) is 2.68. The first-order valence-electron chi connectivity index (χ1n) is 8.63. The fourth-order valence-electron chi connectivity index (χ4n) is 3.20. The van der Waals surface area contributed by atoms with Crippen LogP contribution in [0.2, 0.25) is 10.3 Å². The molecule has 3 heterocycles. The zero-order valence-corrected chi connectivity index (χ0v) is 16.7. The Hall–Kier alpha value is -2.83. The highest BCUT2D eigenvalue weighted by atomic mass is 35.5. The summed E-state index contributed by atoms with van der Waals surface area (Å²) in [6.07, 6.45) is 4.88. The molecule has 0 aliphatic carbocycles. The van der Waals surface area contributed by atoms with Gasteiger partial charge in [0.05, 0.1) is 11.4 Å². The molecule has 0 atom stereocenters. The summed E-state index contributed by atoms with van der Waals surface area (Å²) in [5, 5.41) is 1.27. The van der Waals surface area contributed by atoms with Crippen LogP contribution >= 0.6 is 23.2 Å². The third-order valence-electron chi connectivity index (χ3n) is 4.53. The van der Waals surface area contributed by atoms with E-state index in [1.807, 2.05) is 26.0 Å². The highest BCUT2D eigenvalue weighted by Gasteiger charge is 2.15. The molecule has 28 heavy (non-hydrogen) atoms. The fourth-order valence-corrected chi connectivity index (χ4v) is 3.61. The van der Waals surface area contributed by atoms with Crippen LogP contribution in [0.5, 0.6) is 0 Å². The Kier molecular flexibility index (Phi) is 4.83. The number of halogens is 2. The van der Waals surface area contributed by atoms with E-state index in [1.165, 1.54) is 0 Å². The van der Waals surface area contributed by atoms with Crippen LogP contribution in [0.4, 0.5) is 0 Å². The van der Waals surface area contributed by atoms with Crippen LogP contribution < -0.4 is 5.56 Å². The Bertz CT molecular complexity index is 1270. The van der Waals surface area contributed by atoms with E-state index >= 15 is 0 Å². The molecule has 0 saturated carbocycles. The maximum absolute atomic E-state index is 13.1. The van der Waals surface area contributed by atoms with Gasteiger partial charge in [0, 0.05) is 52.2 Å². The fraction of sp³-hybridized carbons (Fsp3) is 0.150. The first-order chi connectivity index (χ1) is 13.5. The van der Waals surface area contributed by atoms with Gasteiger partial charge in [0.2, 0.25) is 5.28 Å². The number of fused-ring (bicyclic) bond motifs is 1. The predicted octanol–water partition coefficient (Wildman–Crippen LogP) is 4.55. The van der Waals surface area contributed by atoms with Crippen molar-refractivity contribution in [1.82, 2.24) is 24.5 Å². The number of benzene rings is 1. The van der Waals surface area contributed by atoms with E-state index in [1.54, 1.807) is 35.3 Å². The maximum Gasteiger partial charge on any atom is 0.260 e. The topological polar surface area (TPSA) is 73.6 Å². The van der Waals surface area contributed by atoms with Gasteiger partial charge in [-0.25, -0.2) is 4.98 Å². The number of nitrogens with zero attached hydrogens (tertiary/aromatic N) is 5. The van der Waals surface area contributed by atoms with Crippen molar-refractivity contribution in [3.05, 3.63) is 69.2 Å². The van der Waals surface area contributed by atoms with E-state index in [2.05, 4.69) is 19.9 Å². The van der Waals surface area contributed by atoms with Gasteiger partial charge in [0.1, 0.15) is 5.65 Å². The maximum atomic E-state index is 13.1. The van der Waals surface area contributed by atoms with E-state index in [9.17, 15) is 4.79 Å². The van der Waals surface area contributed by atoms with Crippen molar-refractivity contribution in [3.63, 3.8) is 0 Å². The molecule has 0 bridgehead atoms. The summed E-state index contributed by atoms with van der Waals surface area (Å²) in [6, 6.07) is 7.25. The minimum atomic E-state index is -0.185. The van der Waals surface area contributed by atoms with Crippen LogP contribution in [0.1, 0.15) is 12.6 Å². The number of rotatable bonds is 3. The van der Waals surface area contributed by atoms with Gasteiger partial charge in [-0.05, 0) is 37.6 Å². The summed E-state index contributed by atoms with van der Waals surface area (Å²) in [5.41, 5.74) is 3.83. The Morgan fingerprint density at radius 1 is 1.04 bits per heavy atom. The lowest BCUT2D eigenvalue weighted by molar-refractivity contribution is 0.750. The van der Waals surface area contributed by atoms with Crippen molar-refractivity contribution in [1.29, 1.82) is 0 Å². The van der Waals surface area contributed by atoms with E-state index in [0.717, 1.165) is 17.0 Å². The van der Waals surface area contributed by atoms with Gasteiger partial charge in [0.25, 0.3) is 5.56 Å². The van der Waals surface area contributed by atoms with Gasteiger partial charge in [-0.2, -0.15) is 4.98 Å². The second-order valence-electron chi connectivity index (χ2n) is 6.21. The zero-order valence-electron chi connectivity index (χ0n) is 15.1. The number of aromatic nitrogens is 5. The van der Waals surface area contributed by atoms with Crippen LogP contribution in [0, 0.1) is 6.92 Å². The molecule has 6 nitrogen and oxygen atoms in total. The minimum Gasteiger partial charge on any atom is -0.292 e.